The van der Waals surface area contributed by atoms with Gasteiger partial charge in [-0.15, -0.1) is 11.8 Å². The lowest BCUT2D eigenvalue weighted by Crippen LogP contribution is -2.09. The molecule has 0 N–H and O–H groups in total. The normalized spacial score (nSPS) is 10.5. The van der Waals surface area contributed by atoms with Crippen molar-refractivity contribution in [1.82, 2.24) is 0 Å². The lowest BCUT2D eigenvalue weighted by atomic mass is 10.2. The van der Waals surface area contributed by atoms with E-state index in [2.05, 4.69) is 19.1 Å². The zero-order valence-electron chi connectivity index (χ0n) is 14.1. The maximum absolute atomic E-state index is 11.8. The van der Waals surface area contributed by atoms with E-state index in [1.165, 1.54) is 10.5 Å². The third-order valence-corrected chi connectivity index (χ3v) is 4.40. The average Bonchev–Trinajstić information content (AvgIpc) is 2.62. The second-order valence-electron chi connectivity index (χ2n) is 5.44. The highest BCUT2D eigenvalue weighted by molar-refractivity contribution is 7.98. The van der Waals surface area contributed by atoms with Crippen LogP contribution in [0.4, 0.5) is 0 Å². The van der Waals surface area contributed by atoms with E-state index in [1.807, 2.05) is 42.5 Å². The van der Waals surface area contributed by atoms with Gasteiger partial charge < -0.3 is 9.47 Å². The van der Waals surface area contributed by atoms with Gasteiger partial charge in [-0.2, -0.15) is 0 Å². The minimum absolute atomic E-state index is 0.207. The molecule has 0 heterocycles. The van der Waals surface area contributed by atoms with Crippen molar-refractivity contribution in [2.24, 2.45) is 0 Å². The van der Waals surface area contributed by atoms with Gasteiger partial charge in [0.05, 0.1) is 0 Å². The van der Waals surface area contributed by atoms with E-state index in [9.17, 15) is 4.79 Å². The Bertz CT molecular complexity index is 596. The second-order valence-corrected chi connectivity index (χ2v) is 6.48. The van der Waals surface area contributed by atoms with Gasteiger partial charge in [0.1, 0.15) is 5.75 Å². The lowest BCUT2D eigenvalue weighted by molar-refractivity contribution is -0.134. The molecule has 0 aliphatic carbocycles. The van der Waals surface area contributed by atoms with E-state index in [1.54, 1.807) is 11.8 Å². The van der Waals surface area contributed by atoms with E-state index < -0.39 is 0 Å². The van der Waals surface area contributed by atoms with Gasteiger partial charge in [0.2, 0.25) is 0 Å². The molecule has 3 nitrogen and oxygen atoms in total. The fourth-order valence-electron chi connectivity index (χ4n) is 2.08. The van der Waals surface area contributed by atoms with E-state index >= 15 is 0 Å². The first kappa shape index (κ1) is 18.6. The minimum Gasteiger partial charge on any atom is -0.427 e. The number of ether oxygens (including phenoxy) is 2. The maximum Gasteiger partial charge on any atom is 0.311 e. The third-order valence-electron chi connectivity index (χ3n) is 3.32. The average molecular weight is 344 g/mol. The first-order chi connectivity index (χ1) is 11.8. The summed E-state index contributed by atoms with van der Waals surface area (Å²) in [5.74, 6) is 1.29. The molecule has 0 saturated carbocycles. The fourth-order valence-corrected chi connectivity index (χ4v) is 2.96. The molecule has 0 aromatic heterocycles. The summed E-state index contributed by atoms with van der Waals surface area (Å²) < 4.78 is 10.7. The molecule has 0 atom stereocenters. The summed E-state index contributed by atoms with van der Waals surface area (Å²) in [7, 11) is 0. The molecule has 0 spiro atoms. The molecule has 0 fully saturated rings. The van der Waals surface area contributed by atoms with Gasteiger partial charge in [-0.25, -0.2) is 0 Å². The first-order valence-electron chi connectivity index (χ1n) is 8.33. The van der Waals surface area contributed by atoms with Crippen molar-refractivity contribution >= 4 is 17.7 Å². The Balaban J connectivity index is 1.70. The van der Waals surface area contributed by atoms with E-state index in [0.717, 1.165) is 18.8 Å². The summed E-state index contributed by atoms with van der Waals surface area (Å²) in [5, 5.41) is 0. The SMILES string of the molecule is CCCOCCCC(=O)Oc1ccc(CSc2ccccc2)cc1. The number of carbonyl (C=O) groups excluding carboxylic acids is 1. The monoisotopic (exact) mass is 344 g/mol. The molecule has 2 rings (SSSR count). The van der Waals surface area contributed by atoms with Gasteiger partial charge in [-0.05, 0) is 42.7 Å². The Kier molecular flexibility index (Phi) is 8.42. The number of carbonyl (C=O) groups is 1. The van der Waals surface area contributed by atoms with Crippen LogP contribution in [0.5, 0.6) is 5.75 Å². The van der Waals surface area contributed by atoms with E-state index in [-0.39, 0.29) is 5.97 Å². The van der Waals surface area contributed by atoms with E-state index in [4.69, 9.17) is 9.47 Å². The molecular formula is C20H24O3S. The molecule has 4 heteroatoms. The highest BCUT2D eigenvalue weighted by Gasteiger charge is 2.05. The smallest absolute Gasteiger partial charge is 0.311 e. The predicted molar refractivity (Wildman–Crippen MR) is 98.4 cm³/mol. The molecule has 0 aliphatic heterocycles. The summed E-state index contributed by atoms with van der Waals surface area (Å²) in [5.41, 5.74) is 1.21. The second kappa shape index (κ2) is 10.9. The number of benzene rings is 2. The van der Waals surface area contributed by atoms with Crippen LogP contribution in [-0.2, 0) is 15.3 Å². The Morgan fingerprint density at radius 3 is 2.46 bits per heavy atom. The van der Waals surface area contributed by atoms with Crippen molar-refractivity contribution < 1.29 is 14.3 Å². The molecular weight excluding hydrogens is 320 g/mol. The zero-order chi connectivity index (χ0) is 17.0. The fraction of sp³-hybridized carbons (Fsp3) is 0.350. The number of hydrogen-bond acceptors (Lipinski definition) is 4. The zero-order valence-corrected chi connectivity index (χ0v) is 14.9. The van der Waals surface area contributed by atoms with Crippen molar-refractivity contribution in [3.8, 4) is 5.75 Å². The molecule has 0 amide bonds. The van der Waals surface area contributed by atoms with Crippen LogP contribution < -0.4 is 4.74 Å². The predicted octanol–water partition coefficient (Wildman–Crippen LogP) is 5.09. The van der Waals surface area contributed by atoms with Crippen molar-refractivity contribution in [3.05, 3.63) is 60.2 Å². The first-order valence-corrected chi connectivity index (χ1v) is 9.31. The highest BCUT2D eigenvalue weighted by atomic mass is 32.2. The molecule has 0 radical (unpaired) electrons. The van der Waals surface area contributed by atoms with Crippen molar-refractivity contribution in [1.29, 1.82) is 0 Å². The van der Waals surface area contributed by atoms with Gasteiger partial charge in [0, 0.05) is 30.3 Å². The molecule has 2 aromatic rings. The molecule has 0 bridgehead atoms. The van der Waals surface area contributed by atoms with Crippen LogP contribution >= 0.6 is 11.8 Å². The number of rotatable bonds is 10. The Morgan fingerprint density at radius 2 is 1.75 bits per heavy atom. The van der Waals surface area contributed by atoms with Gasteiger partial charge in [0.25, 0.3) is 0 Å². The van der Waals surface area contributed by atoms with Crippen molar-refractivity contribution in [3.63, 3.8) is 0 Å². The van der Waals surface area contributed by atoms with Crippen LogP contribution in [0.25, 0.3) is 0 Å². The molecule has 0 unspecified atom stereocenters. The Morgan fingerprint density at radius 1 is 1.00 bits per heavy atom. The lowest BCUT2D eigenvalue weighted by Gasteiger charge is -2.06. The molecule has 2 aromatic carbocycles. The molecule has 24 heavy (non-hydrogen) atoms. The molecule has 0 aliphatic rings. The van der Waals surface area contributed by atoms with Gasteiger partial charge in [-0.3, -0.25) is 4.79 Å². The highest BCUT2D eigenvalue weighted by Crippen LogP contribution is 2.23. The van der Waals surface area contributed by atoms with Gasteiger partial charge >= 0.3 is 5.97 Å². The topological polar surface area (TPSA) is 35.5 Å². The molecule has 128 valence electrons. The maximum atomic E-state index is 11.8. The van der Waals surface area contributed by atoms with Crippen LogP contribution in [0, 0.1) is 0 Å². The van der Waals surface area contributed by atoms with E-state index in [0.29, 0.717) is 25.2 Å². The Labute approximate surface area is 148 Å². The molecule has 0 saturated heterocycles. The number of esters is 1. The summed E-state index contributed by atoms with van der Waals surface area (Å²) in [6.07, 6.45) is 2.08. The summed E-state index contributed by atoms with van der Waals surface area (Å²) in [4.78, 5) is 13.0. The Hall–Kier alpha value is -1.78. The summed E-state index contributed by atoms with van der Waals surface area (Å²) in [6, 6.07) is 18.0. The minimum atomic E-state index is -0.207. The quantitative estimate of drug-likeness (QED) is 0.260. The largest absolute Gasteiger partial charge is 0.427 e. The summed E-state index contributed by atoms with van der Waals surface area (Å²) >= 11 is 1.79. The van der Waals surface area contributed by atoms with Crippen molar-refractivity contribution in [2.75, 3.05) is 13.2 Å². The van der Waals surface area contributed by atoms with Crippen LogP contribution in [0.1, 0.15) is 31.7 Å². The van der Waals surface area contributed by atoms with Crippen molar-refractivity contribution in [2.45, 2.75) is 36.8 Å². The number of hydrogen-bond donors (Lipinski definition) is 0. The number of thioether (sulfide) groups is 1. The standard InChI is InChI=1S/C20H24O3S/c1-2-14-22-15-6-9-20(21)23-18-12-10-17(11-13-18)16-24-19-7-4-3-5-8-19/h3-5,7-8,10-13H,2,6,9,14-16H2,1H3. The van der Waals surface area contributed by atoms with Crippen LogP contribution in [-0.4, -0.2) is 19.2 Å². The van der Waals surface area contributed by atoms with Gasteiger partial charge in [0.15, 0.2) is 0 Å². The van der Waals surface area contributed by atoms with Crippen LogP contribution in [0.3, 0.4) is 0 Å². The van der Waals surface area contributed by atoms with Crippen LogP contribution in [0.15, 0.2) is 59.5 Å². The summed E-state index contributed by atoms with van der Waals surface area (Å²) in [6.45, 7) is 3.42. The van der Waals surface area contributed by atoms with Gasteiger partial charge in [-0.1, -0.05) is 37.3 Å². The van der Waals surface area contributed by atoms with Crippen LogP contribution in [0.2, 0.25) is 0 Å². The third kappa shape index (κ3) is 7.20.